The quantitative estimate of drug-likeness (QED) is 0.719. The molecule has 28 heavy (non-hydrogen) atoms. The summed E-state index contributed by atoms with van der Waals surface area (Å²) in [5.74, 6) is 1.00. The number of aryl methyl sites for hydroxylation is 1. The van der Waals surface area contributed by atoms with E-state index in [0.717, 1.165) is 54.1 Å². The fraction of sp³-hybridized carbons (Fsp3) is 0.318. The van der Waals surface area contributed by atoms with Crippen molar-refractivity contribution in [2.75, 3.05) is 18.0 Å². The number of nitrogens with one attached hydrogen (secondary N) is 2. The Morgan fingerprint density at radius 1 is 1.25 bits per heavy atom. The number of carbonyl (C=O) groups excluding carboxylic acids is 1. The van der Waals surface area contributed by atoms with Crippen molar-refractivity contribution in [3.8, 4) is 11.3 Å². The van der Waals surface area contributed by atoms with Crippen LogP contribution in [-0.2, 0) is 11.2 Å². The van der Waals surface area contributed by atoms with Gasteiger partial charge in [0.2, 0.25) is 5.91 Å². The molecule has 6 nitrogen and oxygen atoms in total. The largest absolute Gasteiger partial charge is 0.353 e. The number of aromatic amines is 1. The van der Waals surface area contributed by atoms with Crippen molar-refractivity contribution in [2.24, 2.45) is 0 Å². The van der Waals surface area contributed by atoms with Gasteiger partial charge in [-0.3, -0.25) is 14.9 Å². The van der Waals surface area contributed by atoms with Gasteiger partial charge in [0.05, 0.1) is 12.1 Å². The van der Waals surface area contributed by atoms with Crippen LogP contribution in [0.5, 0.6) is 0 Å². The highest BCUT2D eigenvalue weighted by Crippen LogP contribution is 2.23. The van der Waals surface area contributed by atoms with E-state index in [-0.39, 0.29) is 11.9 Å². The fourth-order valence-electron chi connectivity index (χ4n) is 3.72. The molecule has 1 saturated heterocycles. The molecule has 1 fully saturated rings. The number of H-pyrrole nitrogens is 1. The third kappa shape index (κ3) is 4.22. The van der Waals surface area contributed by atoms with Crippen molar-refractivity contribution in [1.82, 2.24) is 20.5 Å². The van der Waals surface area contributed by atoms with Crippen LogP contribution in [0.1, 0.15) is 24.0 Å². The number of nitrogens with zero attached hydrogens (tertiary/aromatic N) is 3. The minimum atomic E-state index is 0.0839. The van der Waals surface area contributed by atoms with Crippen molar-refractivity contribution in [3.05, 3.63) is 66.0 Å². The summed E-state index contributed by atoms with van der Waals surface area (Å²) in [6.45, 7) is 3.77. The first-order chi connectivity index (χ1) is 13.7. The van der Waals surface area contributed by atoms with Crippen LogP contribution in [0.15, 0.2) is 54.9 Å². The third-order valence-electron chi connectivity index (χ3n) is 5.28. The number of anilines is 1. The summed E-state index contributed by atoms with van der Waals surface area (Å²) in [7, 11) is 0. The summed E-state index contributed by atoms with van der Waals surface area (Å²) in [5, 5.41) is 10.8. The maximum Gasteiger partial charge on any atom is 0.224 e. The van der Waals surface area contributed by atoms with Crippen LogP contribution in [0.2, 0.25) is 0 Å². The van der Waals surface area contributed by atoms with E-state index in [0.29, 0.717) is 6.42 Å². The lowest BCUT2D eigenvalue weighted by Crippen LogP contribution is -2.48. The van der Waals surface area contributed by atoms with Gasteiger partial charge < -0.3 is 10.2 Å². The van der Waals surface area contributed by atoms with E-state index in [1.54, 1.807) is 12.4 Å². The number of carbonyl (C=O) groups is 1. The van der Waals surface area contributed by atoms with E-state index < -0.39 is 0 Å². The second-order valence-electron chi connectivity index (χ2n) is 7.33. The van der Waals surface area contributed by atoms with Crippen LogP contribution in [0.25, 0.3) is 11.3 Å². The van der Waals surface area contributed by atoms with E-state index >= 15 is 0 Å². The highest BCUT2D eigenvalue weighted by molar-refractivity contribution is 5.79. The average Bonchev–Trinajstić information content (AvgIpc) is 3.21. The van der Waals surface area contributed by atoms with E-state index in [1.807, 2.05) is 43.3 Å². The molecule has 1 aromatic carbocycles. The molecule has 3 heterocycles. The van der Waals surface area contributed by atoms with E-state index in [9.17, 15) is 4.79 Å². The second-order valence-corrected chi connectivity index (χ2v) is 7.33. The van der Waals surface area contributed by atoms with Crippen LogP contribution < -0.4 is 10.2 Å². The second kappa shape index (κ2) is 8.25. The topological polar surface area (TPSA) is 73.9 Å². The molecule has 0 radical (unpaired) electrons. The van der Waals surface area contributed by atoms with Crippen LogP contribution in [0.3, 0.4) is 0 Å². The molecule has 0 aliphatic carbocycles. The molecule has 144 valence electrons. The number of aromatic nitrogens is 3. The van der Waals surface area contributed by atoms with Crippen molar-refractivity contribution in [2.45, 2.75) is 32.2 Å². The molecule has 1 aliphatic heterocycles. The third-order valence-corrected chi connectivity index (χ3v) is 5.28. The van der Waals surface area contributed by atoms with Gasteiger partial charge in [0, 0.05) is 43.2 Å². The Hall–Kier alpha value is -3.15. The van der Waals surface area contributed by atoms with Crippen LogP contribution in [0, 0.1) is 6.92 Å². The van der Waals surface area contributed by atoms with Gasteiger partial charge in [-0.1, -0.05) is 24.3 Å². The lowest BCUT2D eigenvalue weighted by molar-refractivity contribution is -0.121. The normalized spacial score (nSPS) is 16.8. The van der Waals surface area contributed by atoms with Gasteiger partial charge in [-0.2, -0.15) is 5.10 Å². The van der Waals surface area contributed by atoms with Crippen LogP contribution >= 0.6 is 0 Å². The summed E-state index contributed by atoms with van der Waals surface area (Å²) >= 11 is 0. The number of rotatable bonds is 5. The fourth-order valence-corrected chi connectivity index (χ4v) is 3.72. The Labute approximate surface area is 165 Å². The molecule has 6 heteroatoms. The van der Waals surface area contributed by atoms with Crippen LogP contribution in [-0.4, -0.2) is 40.2 Å². The molecule has 1 atom stereocenters. The zero-order valence-electron chi connectivity index (χ0n) is 16.1. The highest BCUT2D eigenvalue weighted by atomic mass is 16.1. The van der Waals surface area contributed by atoms with Gasteiger partial charge in [-0.15, -0.1) is 0 Å². The van der Waals surface area contributed by atoms with Gasteiger partial charge in [0.25, 0.3) is 0 Å². The maximum absolute atomic E-state index is 12.5. The number of hydrogen-bond donors (Lipinski definition) is 2. The van der Waals surface area contributed by atoms with Crippen molar-refractivity contribution < 1.29 is 4.79 Å². The minimum Gasteiger partial charge on any atom is -0.353 e. The Balaban J connectivity index is 1.37. The highest BCUT2D eigenvalue weighted by Gasteiger charge is 2.23. The van der Waals surface area contributed by atoms with E-state index in [1.165, 1.54) is 0 Å². The zero-order chi connectivity index (χ0) is 19.3. The average molecular weight is 375 g/mol. The summed E-state index contributed by atoms with van der Waals surface area (Å²) in [5.41, 5.74) is 4.28. The number of benzene rings is 1. The molecule has 3 aromatic rings. The van der Waals surface area contributed by atoms with Gasteiger partial charge in [0.1, 0.15) is 0 Å². The molecule has 0 spiro atoms. The summed E-state index contributed by atoms with van der Waals surface area (Å²) in [4.78, 5) is 18.8. The molecule has 0 bridgehead atoms. The predicted octanol–water partition coefficient (Wildman–Crippen LogP) is 3.11. The minimum absolute atomic E-state index is 0.0839. The Morgan fingerprint density at radius 2 is 2.07 bits per heavy atom. The lowest BCUT2D eigenvalue weighted by Gasteiger charge is -2.33. The summed E-state index contributed by atoms with van der Waals surface area (Å²) < 4.78 is 0. The lowest BCUT2D eigenvalue weighted by atomic mass is 10.0. The molecule has 1 amide bonds. The molecule has 2 N–H and O–H groups in total. The summed E-state index contributed by atoms with van der Waals surface area (Å²) in [6.07, 6.45) is 6.01. The predicted molar refractivity (Wildman–Crippen MR) is 110 cm³/mol. The number of piperidine rings is 1. The van der Waals surface area contributed by atoms with Crippen LogP contribution in [0.4, 0.5) is 5.82 Å². The maximum atomic E-state index is 12.5. The summed E-state index contributed by atoms with van der Waals surface area (Å²) in [6, 6.07) is 14.2. The first-order valence-corrected chi connectivity index (χ1v) is 9.73. The van der Waals surface area contributed by atoms with Gasteiger partial charge in [-0.25, -0.2) is 0 Å². The molecular weight excluding hydrogens is 350 g/mol. The molecule has 2 aromatic heterocycles. The molecular formula is C22H25N5O. The Bertz CT molecular complexity index is 937. The molecule has 1 aliphatic rings. The van der Waals surface area contributed by atoms with Gasteiger partial charge >= 0.3 is 0 Å². The standard InChI is InChI=1S/C22H25N5O/c1-16-5-2-3-6-18(16)13-22(28)24-19-7-4-12-27(15-19)21-14-20(25-26-21)17-8-10-23-11-9-17/h2-3,5-6,8-11,14,19H,4,7,12-13,15H2,1H3,(H,24,28)(H,25,26). The number of pyridine rings is 1. The zero-order valence-corrected chi connectivity index (χ0v) is 16.1. The van der Waals surface area contributed by atoms with Crippen molar-refractivity contribution >= 4 is 11.7 Å². The van der Waals surface area contributed by atoms with E-state index in [2.05, 4.69) is 31.5 Å². The molecule has 1 unspecified atom stereocenters. The van der Waals surface area contributed by atoms with Gasteiger partial charge in [-0.05, 0) is 43.0 Å². The molecule has 0 saturated carbocycles. The van der Waals surface area contributed by atoms with Crippen molar-refractivity contribution in [3.63, 3.8) is 0 Å². The Kier molecular flexibility index (Phi) is 5.37. The smallest absolute Gasteiger partial charge is 0.224 e. The molecule has 4 rings (SSSR count). The van der Waals surface area contributed by atoms with Gasteiger partial charge in [0.15, 0.2) is 5.82 Å². The Morgan fingerprint density at radius 3 is 2.89 bits per heavy atom. The first kappa shape index (κ1) is 18.2. The SMILES string of the molecule is Cc1ccccc1CC(=O)NC1CCCN(c2cc(-c3ccncc3)[nH]n2)C1. The first-order valence-electron chi connectivity index (χ1n) is 9.73. The monoisotopic (exact) mass is 375 g/mol. The number of amides is 1. The van der Waals surface area contributed by atoms with E-state index in [4.69, 9.17) is 0 Å². The van der Waals surface area contributed by atoms with Crippen molar-refractivity contribution in [1.29, 1.82) is 0 Å². The number of hydrogen-bond acceptors (Lipinski definition) is 4.